The number of fused-ring (bicyclic) bond motifs is 1. The van der Waals surface area contributed by atoms with Crippen LogP contribution in [0.2, 0.25) is 5.15 Å². The zero-order chi connectivity index (χ0) is 12.7. The molecule has 0 unspecified atom stereocenters. The average Bonchev–Trinajstić information content (AvgIpc) is 2.81. The number of nitrogens with zero attached hydrogens (tertiary/aromatic N) is 5. The van der Waals surface area contributed by atoms with Crippen LogP contribution in [0.5, 0.6) is 0 Å². The first kappa shape index (κ1) is 11.1. The molecule has 0 amide bonds. The minimum Gasteiger partial charge on any atom is -0.265 e. The molecule has 0 saturated carbocycles. The molecule has 0 radical (unpaired) electrons. The maximum absolute atomic E-state index is 6.11. The molecule has 0 aliphatic rings. The van der Waals surface area contributed by atoms with Crippen LogP contribution in [0.4, 0.5) is 0 Å². The maximum Gasteiger partial charge on any atom is 0.185 e. The Balaban J connectivity index is 2.34. The van der Waals surface area contributed by atoms with Crippen molar-refractivity contribution in [3.63, 3.8) is 0 Å². The van der Waals surface area contributed by atoms with Crippen molar-refractivity contribution in [2.75, 3.05) is 0 Å². The van der Waals surface area contributed by atoms with E-state index in [1.165, 1.54) is 0 Å². The van der Waals surface area contributed by atoms with Crippen molar-refractivity contribution in [1.29, 1.82) is 0 Å². The van der Waals surface area contributed by atoms with E-state index in [1.807, 2.05) is 26.0 Å². The highest BCUT2D eigenvalue weighted by Crippen LogP contribution is 2.23. The van der Waals surface area contributed by atoms with Crippen molar-refractivity contribution in [2.45, 2.75) is 13.8 Å². The van der Waals surface area contributed by atoms with Gasteiger partial charge in [-0.25, -0.2) is 0 Å². The van der Waals surface area contributed by atoms with Crippen LogP contribution >= 0.6 is 11.6 Å². The number of aryl methyl sites for hydroxylation is 1. The SMILES string of the molecule is Cc1c(Cl)nn2c(-c3ccncc3)nnc2c1C. The lowest BCUT2D eigenvalue weighted by Crippen LogP contribution is -2.00. The molecule has 0 fully saturated rings. The van der Waals surface area contributed by atoms with Gasteiger partial charge in [0.05, 0.1) is 0 Å². The molecule has 0 spiro atoms. The summed E-state index contributed by atoms with van der Waals surface area (Å²) in [6, 6.07) is 3.72. The second kappa shape index (κ2) is 4.03. The van der Waals surface area contributed by atoms with E-state index in [1.54, 1.807) is 16.9 Å². The van der Waals surface area contributed by atoms with Gasteiger partial charge in [-0.05, 0) is 31.5 Å². The molecule has 0 aliphatic heterocycles. The largest absolute Gasteiger partial charge is 0.265 e. The summed E-state index contributed by atoms with van der Waals surface area (Å²) in [5.74, 6) is 0.664. The molecule has 0 saturated heterocycles. The zero-order valence-corrected chi connectivity index (χ0v) is 10.7. The van der Waals surface area contributed by atoms with Crippen LogP contribution in [0, 0.1) is 13.8 Å². The van der Waals surface area contributed by atoms with E-state index < -0.39 is 0 Å². The van der Waals surface area contributed by atoms with Gasteiger partial charge in [-0.1, -0.05) is 11.6 Å². The molecule has 3 heterocycles. The number of aromatic nitrogens is 5. The molecular weight excluding hydrogens is 250 g/mol. The van der Waals surface area contributed by atoms with Crippen molar-refractivity contribution < 1.29 is 0 Å². The first-order valence-corrected chi connectivity index (χ1v) is 5.85. The molecule has 0 atom stereocenters. The van der Waals surface area contributed by atoms with Crippen molar-refractivity contribution in [3.05, 3.63) is 40.8 Å². The standard InChI is InChI=1S/C12H10ClN5/c1-7-8(2)11-15-16-12(18(11)17-10(7)13)9-3-5-14-6-4-9/h3-6H,1-2H3. The molecule has 90 valence electrons. The van der Waals surface area contributed by atoms with Crippen LogP contribution in [-0.4, -0.2) is 24.8 Å². The summed E-state index contributed by atoms with van der Waals surface area (Å²) >= 11 is 6.11. The predicted octanol–water partition coefficient (Wildman–Crippen LogP) is 2.46. The second-order valence-electron chi connectivity index (χ2n) is 4.04. The van der Waals surface area contributed by atoms with Crippen molar-refractivity contribution in [1.82, 2.24) is 24.8 Å². The fourth-order valence-electron chi connectivity index (χ4n) is 1.77. The Morgan fingerprint density at radius 1 is 1.06 bits per heavy atom. The molecule has 0 aliphatic carbocycles. The van der Waals surface area contributed by atoms with E-state index in [0.29, 0.717) is 11.0 Å². The summed E-state index contributed by atoms with van der Waals surface area (Å²) in [6.45, 7) is 3.88. The topological polar surface area (TPSA) is 56.0 Å². The molecule has 0 N–H and O–H groups in total. The van der Waals surface area contributed by atoms with Gasteiger partial charge in [0, 0.05) is 23.5 Å². The third-order valence-corrected chi connectivity index (χ3v) is 3.33. The van der Waals surface area contributed by atoms with E-state index in [9.17, 15) is 0 Å². The first-order valence-electron chi connectivity index (χ1n) is 5.47. The van der Waals surface area contributed by atoms with E-state index in [0.717, 1.165) is 22.3 Å². The van der Waals surface area contributed by atoms with Gasteiger partial charge in [0.25, 0.3) is 0 Å². The summed E-state index contributed by atoms with van der Waals surface area (Å²) in [6.07, 6.45) is 3.41. The summed E-state index contributed by atoms with van der Waals surface area (Å²) in [5, 5.41) is 13.1. The van der Waals surface area contributed by atoms with Gasteiger partial charge in [-0.3, -0.25) is 4.98 Å². The number of pyridine rings is 1. The molecule has 0 aromatic carbocycles. The summed E-state index contributed by atoms with van der Waals surface area (Å²) in [7, 11) is 0. The van der Waals surface area contributed by atoms with Gasteiger partial charge in [-0.2, -0.15) is 9.61 Å². The Bertz CT molecular complexity index is 720. The highest BCUT2D eigenvalue weighted by molar-refractivity contribution is 6.30. The predicted molar refractivity (Wildman–Crippen MR) is 68.5 cm³/mol. The minimum absolute atomic E-state index is 0.468. The maximum atomic E-state index is 6.11. The molecule has 3 rings (SSSR count). The third kappa shape index (κ3) is 1.55. The smallest absolute Gasteiger partial charge is 0.185 e. The lowest BCUT2D eigenvalue weighted by Gasteiger charge is -2.04. The van der Waals surface area contributed by atoms with Crippen LogP contribution in [-0.2, 0) is 0 Å². The van der Waals surface area contributed by atoms with Gasteiger partial charge in [0.15, 0.2) is 16.6 Å². The molecule has 3 aromatic rings. The van der Waals surface area contributed by atoms with E-state index in [-0.39, 0.29) is 0 Å². The summed E-state index contributed by atoms with van der Waals surface area (Å²) in [5.41, 5.74) is 3.55. The monoisotopic (exact) mass is 259 g/mol. The highest BCUT2D eigenvalue weighted by atomic mass is 35.5. The zero-order valence-electron chi connectivity index (χ0n) is 9.92. The van der Waals surface area contributed by atoms with Gasteiger partial charge < -0.3 is 0 Å². The third-order valence-electron chi connectivity index (χ3n) is 2.97. The molecule has 0 bridgehead atoms. The van der Waals surface area contributed by atoms with E-state index >= 15 is 0 Å². The van der Waals surface area contributed by atoms with E-state index in [2.05, 4.69) is 20.3 Å². The van der Waals surface area contributed by atoms with Gasteiger partial charge in [0.1, 0.15) is 0 Å². The van der Waals surface area contributed by atoms with Crippen molar-refractivity contribution in [2.24, 2.45) is 0 Å². The van der Waals surface area contributed by atoms with Gasteiger partial charge >= 0.3 is 0 Å². The second-order valence-corrected chi connectivity index (χ2v) is 4.39. The highest BCUT2D eigenvalue weighted by Gasteiger charge is 2.14. The van der Waals surface area contributed by atoms with Gasteiger partial charge in [-0.15, -0.1) is 10.2 Å². The lowest BCUT2D eigenvalue weighted by molar-refractivity contribution is 0.919. The fraction of sp³-hybridized carbons (Fsp3) is 0.167. The quantitative estimate of drug-likeness (QED) is 0.674. The average molecular weight is 260 g/mol. The van der Waals surface area contributed by atoms with Crippen molar-refractivity contribution >= 4 is 17.2 Å². The first-order chi connectivity index (χ1) is 8.68. The number of halogens is 1. The van der Waals surface area contributed by atoms with Crippen molar-refractivity contribution in [3.8, 4) is 11.4 Å². The molecule has 6 heteroatoms. The lowest BCUT2D eigenvalue weighted by atomic mass is 10.2. The fourth-order valence-corrected chi connectivity index (χ4v) is 1.99. The minimum atomic E-state index is 0.468. The van der Waals surface area contributed by atoms with Gasteiger partial charge in [0.2, 0.25) is 0 Å². The molecule has 3 aromatic heterocycles. The number of hydrogen-bond donors (Lipinski definition) is 0. The number of rotatable bonds is 1. The summed E-state index contributed by atoms with van der Waals surface area (Å²) in [4.78, 5) is 3.98. The Labute approximate surface area is 108 Å². The summed E-state index contributed by atoms with van der Waals surface area (Å²) < 4.78 is 1.67. The molecular formula is C12H10ClN5. The van der Waals surface area contributed by atoms with Crippen LogP contribution in [0.25, 0.3) is 17.0 Å². The Morgan fingerprint density at radius 3 is 2.50 bits per heavy atom. The van der Waals surface area contributed by atoms with E-state index in [4.69, 9.17) is 11.6 Å². The van der Waals surface area contributed by atoms with Crippen LogP contribution in [0.3, 0.4) is 0 Å². The van der Waals surface area contributed by atoms with Crippen LogP contribution in [0.15, 0.2) is 24.5 Å². The Hall–Kier alpha value is -2.01. The Kier molecular flexibility index (Phi) is 2.48. The Morgan fingerprint density at radius 2 is 1.78 bits per heavy atom. The molecule has 5 nitrogen and oxygen atoms in total. The van der Waals surface area contributed by atoms with Crippen LogP contribution in [0.1, 0.15) is 11.1 Å². The van der Waals surface area contributed by atoms with Crippen LogP contribution < -0.4 is 0 Å². The normalized spacial score (nSPS) is 11.1. The molecule has 18 heavy (non-hydrogen) atoms. The number of hydrogen-bond acceptors (Lipinski definition) is 4.